The first kappa shape index (κ1) is 26.6. The van der Waals surface area contributed by atoms with Gasteiger partial charge in [-0.2, -0.15) is 0 Å². The lowest BCUT2D eigenvalue weighted by molar-refractivity contribution is -0.146. The maximum Gasteiger partial charge on any atom is 0.306 e. The lowest BCUT2D eigenvalue weighted by atomic mass is 9.43. The van der Waals surface area contributed by atoms with Gasteiger partial charge in [-0.1, -0.05) is 71.8 Å². The average Bonchev–Trinajstić information content (AvgIpc) is 2.98. The molecule has 0 heterocycles. The fraction of sp³-hybridized carbons (Fsp3) is 0.806. The lowest BCUT2D eigenvalue weighted by Gasteiger charge is -2.61. The molecule has 0 aliphatic heterocycles. The van der Waals surface area contributed by atoms with E-state index in [-0.39, 0.29) is 22.2 Å². The van der Waals surface area contributed by atoms with Crippen LogP contribution < -0.4 is 0 Å². The maximum absolute atomic E-state index is 12.8. The summed E-state index contributed by atoms with van der Waals surface area (Å²) < 4.78 is 0. The highest BCUT2D eigenvalue weighted by atomic mass is 16.4. The molecule has 35 heavy (non-hydrogen) atoms. The van der Waals surface area contributed by atoms with Crippen molar-refractivity contribution in [2.24, 2.45) is 45.3 Å². The van der Waals surface area contributed by atoms with Crippen molar-refractivity contribution in [3.8, 4) is 0 Å². The molecule has 4 heteroatoms. The third-order valence-corrected chi connectivity index (χ3v) is 12.0. The summed E-state index contributed by atoms with van der Waals surface area (Å²) in [5, 5.41) is 22.0. The average molecular weight is 485 g/mol. The molecular formula is C31H48O4. The molecule has 4 nitrogen and oxygen atoms in total. The van der Waals surface area contributed by atoms with Crippen molar-refractivity contribution in [2.75, 3.05) is 0 Å². The molecule has 2 N–H and O–H groups in total. The summed E-state index contributed by atoms with van der Waals surface area (Å²) in [6.45, 7) is 19.6. The van der Waals surface area contributed by atoms with Crippen LogP contribution in [-0.2, 0) is 9.59 Å². The quantitative estimate of drug-likeness (QED) is 0.399. The Morgan fingerprint density at radius 1 is 1.06 bits per heavy atom. The van der Waals surface area contributed by atoms with Gasteiger partial charge in [-0.05, 0) is 80.0 Å². The minimum Gasteiger partial charge on any atom is -0.481 e. The molecule has 4 aliphatic rings. The van der Waals surface area contributed by atoms with Crippen LogP contribution in [-0.4, -0.2) is 28.1 Å². The van der Waals surface area contributed by atoms with Gasteiger partial charge in [0, 0.05) is 17.3 Å². The molecule has 0 radical (unpaired) electrons. The van der Waals surface area contributed by atoms with E-state index in [4.69, 9.17) is 0 Å². The SMILES string of the molecule is C=C(CCC(C(=O)O)C1CC(O)C2(C)C3=C(CCC12C)C1(C)CCC(=O)C(C)(C)C1CC3)C(C)C. The molecule has 2 saturated carbocycles. The second kappa shape index (κ2) is 8.57. The summed E-state index contributed by atoms with van der Waals surface area (Å²) in [5.74, 6) is -0.164. The van der Waals surface area contributed by atoms with Crippen LogP contribution in [0.1, 0.15) is 106 Å². The predicted octanol–water partition coefficient (Wildman–Crippen LogP) is 6.97. The van der Waals surface area contributed by atoms with Crippen LogP contribution in [0.15, 0.2) is 23.3 Å². The van der Waals surface area contributed by atoms with Gasteiger partial charge in [0.05, 0.1) is 12.0 Å². The fourth-order valence-corrected chi connectivity index (χ4v) is 9.31. The van der Waals surface area contributed by atoms with Gasteiger partial charge in [0.2, 0.25) is 0 Å². The maximum atomic E-state index is 12.8. The fourth-order valence-electron chi connectivity index (χ4n) is 9.31. The van der Waals surface area contributed by atoms with E-state index in [1.165, 1.54) is 11.1 Å². The van der Waals surface area contributed by atoms with Crippen molar-refractivity contribution in [1.82, 2.24) is 0 Å². The lowest BCUT2D eigenvalue weighted by Crippen LogP contribution is -2.55. The largest absolute Gasteiger partial charge is 0.481 e. The minimum absolute atomic E-state index is 0.00561. The van der Waals surface area contributed by atoms with E-state index >= 15 is 0 Å². The Morgan fingerprint density at radius 2 is 1.71 bits per heavy atom. The Morgan fingerprint density at radius 3 is 2.31 bits per heavy atom. The van der Waals surface area contributed by atoms with Gasteiger partial charge in [-0.25, -0.2) is 0 Å². The molecule has 0 aromatic heterocycles. The highest BCUT2D eigenvalue weighted by Crippen LogP contribution is 2.72. The van der Waals surface area contributed by atoms with Crippen LogP contribution >= 0.6 is 0 Å². The van der Waals surface area contributed by atoms with Crippen molar-refractivity contribution < 1.29 is 19.8 Å². The number of ketones is 1. The number of aliphatic hydroxyl groups is 1. The Bertz CT molecular complexity index is 957. The second-order valence-corrected chi connectivity index (χ2v) is 13.9. The summed E-state index contributed by atoms with van der Waals surface area (Å²) in [6, 6.07) is 0. The minimum atomic E-state index is -0.729. The standard InChI is InChI=1S/C31H48O4/c1-18(2)19(3)9-10-20(27(34)35)23-17-26(33)31(8)22-11-12-24-28(4,5)25(32)14-15-29(24,6)21(22)13-16-30(23,31)7/h18,20,23-24,26,33H,3,9-17H2,1-2,4-8H3,(H,34,35). The number of hydrogen-bond donors (Lipinski definition) is 2. The Kier molecular flexibility index (Phi) is 6.52. The van der Waals surface area contributed by atoms with Crippen molar-refractivity contribution in [3.05, 3.63) is 23.3 Å². The van der Waals surface area contributed by atoms with Gasteiger partial charge in [-0.15, -0.1) is 0 Å². The van der Waals surface area contributed by atoms with Crippen molar-refractivity contribution in [3.63, 3.8) is 0 Å². The van der Waals surface area contributed by atoms with E-state index in [2.05, 4.69) is 55.0 Å². The van der Waals surface area contributed by atoms with E-state index in [0.717, 1.165) is 44.1 Å². The molecule has 7 atom stereocenters. The van der Waals surface area contributed by atoms with Gasteiger partial charge >= 0.3 is 5.97 Å². The highest BCUT2D eigenvalue weighted by Gasteiger charge is 2.67. The van der Waals surface area contributed by atoms with Crippen LogP contribution in [0, 0.1) is 45.3 Å². The van der Waals surface area contributed by atoms with Gasteiger partial charge in [0.15, 0.2) is 0 Å². The topological polar surface area (TPSA) is 74.6 Å². The summed E-state index contributed by atoms with van der Waals surface area (Å²) in [7, 11) is 0. The number of carbonyl (C=O) groups is 2. The van der Waals surface area contributed by atoms with Gasteiger partial charge in [-0.3, -0.25) is 9.59 Å². The molecule has 0 aromatic rings. The molecule has 2 fully saturated rings. The van der Waals surface area contributed by atoms with Crippen molar-refractivity contribution >= 4 is 11.8 Å². The number of carboxylic acids is 1. The van der Waals surface area contributed by atoms with Gasteiger partial charge in [0.1, 0.15) is 5.78 Å². The third-order valence-electron chi connectivity index (χ3n) is 12.0. The van der Waals surface area contributed by atoms with E-state index in [1.54, 1.807) is 0 Å². The summed E-state index contributed by atoms with van der Waals surface area (Å²) in [5.41, 5.74) is 3.03. The zero-order chi connectivity index (χ0) is 26.1. The van der Waals surface area contributed by atoms with Crippen LogP contribution in [0.2, 0.25) is 0 Å². The summed E-state index contributed by atoms with van der Waals surface area (Å²) >= 11 is 0. The molecule has 4 aliphatic carbocycles. The zero-order valence-corrected chi connectivity index (χ0v) is 23.2. The first-order chi connectivity index (χ1) is 16.1. The van der Waals surface area contributed by atoms with E-state index < -0.39 is 23.4 Å². The zero-order valence-electron chi connectivity index (χ0n) is 23.2. The van der Waals surface area contributed by atoms with Crippen molar-refractivity contribution in [1.29, 1.82) is 0 Å². The second-order valence-electron chi connectivity index (χ2n) is 13.9. The normalized spacial score (nSPS) is 41.3. The van der Waals surface area contributed by atoms with Gasteiger partial charge in [0.25, 0.3) is 0 Å². The van der Waals surface area contributed by atoms with Crippen molar-refractivity contribution in [2.45, 2.75) is 112 Å². The van der Waals surface area contributed by atoms with Crippen LogP contribution in [0.5, 0.6) is 0 Å². The Hall–Kier alpha value is -1.42. The number of hydrogen-bond acceptors (Lipinski definition) is 3. The number of Topliss-reactive ketones (excluding diaryl/α,β-unsaturated/α-hetero) is 1. The molecule has 0 amide bonds. The molecular weight excluding hydrogens is 436 g/mol. The number of aliphatic hydroxyl groups excluding tert-OH is 1. The number of allylic oxidation sites excluding steroid dienone is 2. The molecule has 4 rings (SSSR count). The molecule has 0 bridgehead atoms. The molecule has 0 aromatic carbocycles. The molecule has 196 valence electrons. The smallest absolute Gasteiger partial charge is 0.306 e. The molecule has 7 unspecified atom stereocenters. The number of carboxylic acid groups (broad SMARTS) is 1. The van der Waals surface area contributed by atoms with Crippen LogP contribution in [0.3, 0.4) is 0 Å². The van der Waals surface area contributed by atoms with Crippen LogP contribution in [0.25, 0.3) is 0 Å². The van der Waals surface area contributed by atoms with Crippen LogP contribution in [0.4, 0.5) is 0 Å². The number of carbonyl (C=O) groups excluding carboxylic acids is 1. The highest BCUT2D eigenvalue weighted by molar-refractivity contribution is 5.85. The number of rotatable bonds is 6. The Balaban J connectivity index is 1.73. The summed E-state index contributed by atoms with van der Waals surface area (Å²) in [6.07, 6.45) is 6.66. The number of aliphatic carboxylic acids is 1. The monoisotopic (exact) mass is 484 g/mol. The van der Waals surface area contributed by atoms with E-state index in [9.17, 15) is 19.8 Å². The van der Waals surface area contributed by atoms with E-state index in [0.29, 0.717) is 36.9 Å². The molecule has 0 spiro atoms. The van der Waals surface area contributed by atoms with Gasteiger partial charge < -0.3 is 10.2 Å². The summed E-state index contributed by atoms with van der Waals surface area (Å²) in [4.78, 5) is 25.4. The first-order valence-corrected chi connectivity index (χ1v) is 14.0. The first-order valence-electron chi connectivity index (χ1n) is 14.0. The molecule has 0 saturated heterocycles. The Labute approximate surface area is 212 Å². The third kappa shape index (κ3) is 3.63. The number of fused-ring (bicyclic) bond motifs is 4. The van der Waals surface area contributed by atoms with E-state index in [1.807, 2.05) is 0 Å². The predicted molar refractivity (Wildman–Crippen MR) is 140 cm³/mol.